The van der Waals surface area contributed by atoms with Crippen LogP contribution in [0, 0.1) is 0 Å². The maximum absolute atomic E-state index is 9.44. The van der Waals surface area contributed by atoms with Gasteiger partial charge < -0.3 is 19.5 Å². The zero-order valence-electron chi connectivity index (χ0n) is 18.1. The number of nitrogens with zero attached hydrogens (tertiary/aromatic N) is 1. The van der Waals surface area contributed by atoms with Crippen LogP contribution in [0.1, 0.15) is 48.8 Å². The second-order valence-corrected chi connectivity index (χ2v) is 9.63. The third-order valence-electron chi connectivity index (χ3n) is 5.51. The molecule has 0 aromatic carbocycles. The van der Waals surface area contributed by atoms with Crippen LogP contribution in [0.3, 0.4) is 0 Å². The quantitative estimate of drug-likeness (QED) is 0.422. The lowest BCUT2D eigenvalue weighted by Gasteiger charge is -2.29. The smallest absolute Gasteiger partial charge is 0.0771 e. The van der Waals surface area contributed by atoms with Crippen molar-refractivity contribution < 1.29 is 14.6 Å². The summed E-state index contributed by atoms with van der Waals surface area (Å²) >= 11 is 3.69. The van der Waals surface area contributed by atoms with E-state index in [1.165, 1.54) is 15.3 Å². The molecule has 0 bridgehead atoms. The van der Waals surface area contributed by atoms with E-state index in [0.717, 1.165) is 65.0 Å². The third-order valence-corrected chi connectivity index (χ3v) is 7.28. The number of hydrogen-bond acceptors (Lipinski definition) is 6. The number of likely N-dealkylation sites (tertiary alicyclic amines) is 1. The van der Waals surface area contributed by atoms with E-state index in [2.05, 4.69) is 39.9 Å². The number of ether oxygens (including phenoxy) is 2. The van der Waals surface area contributed by atoms with E-state index in [1.54, 1.807) is 5.57 Å². The van der Waals surface area contributed by atoms with E-state index in [9.17, 15) is 5.11 Å². The van der Waals surface area contributed by atoms with Crippen molar-refractivity contribution in [3.05, 3.63) is 50.4 Å². The summed E-state index contributed by atoms with van der Waals surface area (Å²) in [6.07, 6.45) is 4.72. The van der Waals surface area contributed by atoms with Gasteiger partial charge in [-0.25, -0.2) is 0 Å². The van der Waals surface area contributed by atoms with Gasteiger partial charge >= 0.3 is 0 Å². The number of piperidine rings is 1. The second kappa shape index (κ2) is 13.4. The summed E-state index contributed by atoms with van der Waals surface area (Å²) in [4.78, 5) is 5.33. The largest absolute Gasteiger partial charge is 0.391 e. The highest BCUT2D eigenvalue weighted by molar-refractivity contribution is 7.13. The van der Waals surface area contributed by atoms with Crippen molar-refractivity contribution in [2.24, 2.45) is 0 Å². The van der Waals surface area contributed by atoms with Gasteiger partial charge in [-0.3, -0.25) is 0 Å². The van der Waals surface area contributed by atoms with Gasteiger partial charge in [-0.1, -0.05) is 24.6 Å². The minimum absolute atomic E-state index is 0.326. The molecule has 0 amide bonds. The summed E-state index contributed by atoms with van der Waals surface area (Å²) in [5, 5.41) is 13.8. The number of unbranched alkanes of at least 4 members (excludes halogenated alkanes) is 1. The summed E-state index contributed by atoms with van der Waals surface area (Å²) in [6, 6.07) is 8.82. The van der Waals surface area contributed by atoms with E-state index in [0.29, 0.717) is 13.2 Å². The minimum atomic E-state index is -0.326. The Morgan fingerprint density at radius 3 is 2.20 bits per heavy atom. The summed E-state index contributed by atoms with van der Waals surface area (Å²) in [7, 11) is 0. The molecule has 0 saturated carbocycles. The van der Waals surface area contributed by atoms with Crippen molar-refractivity contribution >= 4 is 28.2 Å². The van der Waals surface area contributed by atoms with Crippen LogP contribution in [0.5, 0.6) is 0 Å². The minimum Gasteiger partial charge on any atom is -0.391 e. The van der Waals surface area contributed by atoms with E-state index in [4.69, 9.17) is 9.47 Å². The molecular formula is C24H35NO3S2. The Bertz CT molecular complexity index is 681. The molecule has 3 heterocycles. The van der Waals surface area contributed by atoms with E-state index < -0.39 is 0 Å². The van der Waals surface area contributed by atoms with Gasteiger partial charge in [0.25, 0.3) is 0 Å². The molecule has 1 aliphatic rings. The molecule has 0 aliphatic carbocycles. The van der Waals surface area contributed by atoms with Crippen LogP contribution in [-0.2, 0) is 9.47 Å². The highest BCUT2D eigenvalue weighted by atomic mass is 32.1. The number of rotatable bonds is 13. The number of aliphatic hydroxyl groups is 1. The van der Waals surface area contributed by atoms with E-state index >= 15 is 0 Å². The molecule has 1 aliphatic heterocycles. The molecule has 6 heteroatoms. The Balaban J connectivity index is 1.32. The SMILES string of the molecule is CCC(O)COCCCCOCCN1CCC(=C(c2cccs2)c2cccs2)CC1. The number of aliphatic hydroxyl groups excluding tert-OH is 1. The van der Waals surface area contributed by atoms with Crippen molar-refractivity contribution in [1.82, 2.24) is 4.90 Å². The Kier molecular flexibility index (Phi) is 10.6. The predicted octanol–water partition coefficient (Wildman–Crippen LogP) is 5.29. The van der Waals surface area contributed by atoms with E-state index in [1.807, 2.05) is 29.6 Å². The van der Waals surface area contributed by atoms with Crippen molar-refractivity contribution in [2.75, 3.05) is 46.1 Å². The van der Waals surface area contributed by atoms with Crippen LogP contribution >= 0.6 is 22.7 Å². The number of hydrogen-bond donors (Lipinski definition) is 1. The summed E-state index contributed by atoms with van der Waals surface area (Å²) < 4.78 is 11.3. The van der Waals surface area contributed by atoms with Crippen LogP contribution in [0.4, 0.5) is 0 Å². The van der Waals surface area contributed by atoms with Crippen LogP contribution < -0.4 is 0 Å². The first kappa shape index (κ1) is 23.6. The third kappa shape index (κ3) is 7.59. The molecule has 3 rings (SSSR count). The maximum atomic E-state index is 9.44. The van der Waals surface area contributed by atoms with Crippen LogP contribution in [0.2, 0.25) is 0 Å². The first-order chi connectivity index (χ1) is 14.8. The maximum Gasteiger partial charge on any atom is 0.0771 e. The summed E-state index contributed by atoms with van der Waals surface area (Å²) in [5.41, 5.74) is 3.08. The van der Waals surface area contributed by atoms with Crippen LogP contribution in [0.15, 0.2) is 40.6 Å². The average Bonchev–Trinajstić information content (AvgIpc) is 3.49. The lowest BCUT2D eigenvalue weighted by Crippen LogP contribution is -2.34. The molecular weight excluding hydrogens is 414 g/mol. The Morgan fingerprint density at radius 1 is 1.00 bits per heavy atom. The van der Waals surface area contributed by atoms with Crippen molar-refractivity contribution in [3.63, 3.8) is 0 Å². The van der Waals surface area contributed by atoms with Gasteiger partial charge in [0.2, 0.25) is 0 Å². The fourth-order valence-corrected chi connectivity index (χ4v) is 5.38. The van der Waals surface area contributed by atoms with Crippen molar-refractivity contribution in [2.45, 2.75) is 45.1 Å². The molecule has 1 N–H and O–H groups in total. The summed E-state index contributed by atoms with van der Waals surface area (Å²) in [6.45, 7) is 7.96. The molecule has 0 radical (unpaired) electrons. The fourth-order valence-electron chi connectivity index (χ4n) is 3.65. The van der Waals surface area contributed by atoms with Gasteiger partial charge in [0.1, 0.15) is 0 Å². The topological polar surface area (TPSA) is 41.9 Å². The Labute approximate surface area is 189 Å². The molecule has 1 fully saturated rings. The molecule has 166 valence electrons. The normalized spacial score (nSPS) is 16.1. The standard InChI is InChI=1S/C24H35NO3S2/c1-2-21(26)19-28-15-4-3-14-27-16-13-25-11-9-20(10-12-25)24(22-7-5-17-29-22)23-8-6-18-30-23/h5-8,17-18,21,26H,2-4,9-16,19H2,1H3. The van der Waals surface area contributed by atoms with Crippen molar-refractivity contribution in [1.29, 1.82) is 0 Å². The summed E-state index contributed by atoms with van der Waals surface area (Å²) in [5.74, 6) is 0. The molecule has 1 saturated heterocycles. The zero-order valence-corrected chi connectivity index (χ0v) is 19.7. The Hall–Kier alpha value is -1.02. The predicted molar refractivity (Wildman–Crippen MR) is 128 cm³/mol. The molecule has 1 unspecified atom stereocenters. The Morgan fingerprint density at radius 2 is 1.63 bits per heavy atom. The molecule has 2 aromatic heterocycles. The van der Waals surface area contributed by atoms with E-state index in [-0.39, 0.29) is 6.10 Å². The molecule has 0 spiro atoms. The fraction of sp³-hybridized carbons (Fsp3) is 0.583. The molecule has 2 aromatic rings. The van der Waals surface area contributed by atoms with Gasteiger partial charge in [-0.15, -0.1) is 22.7 Å². The number of thiophene rings is 2. The molecule has 30 heavy (non-hydrogen) atoms. The molecule has 1 atom stereocenters. The highest BCUT2D eigenvalue weighted by Gasteiger charge is 2.19. The lowest BCUT2D eigenvalue weighted by atomic mass is 9.96. The first-order valence-electron chi connectivity index (χ1n) is 11.1. The monoisotopic (exact) mass is 449 g/mol. The first-order valence-corrected chi connectivity index (χ1v) is 12.9. The van der Waals surface area contributed by atoms with Gasteiger partial charge in [-0.05, 0) is 55.0 Å². The van der Waals surface area contributed by atoms with Crippen LogP contribution in [-0.4, -0.2) is 62.2 Å². The van der Waals surface area contributed by atoms with Gasteiger partial charge in [-0.2, -0.15) is 0 Å². The second-order valence-electron chi connectivity index (χ2n) is 7.73. The van der Waals surface area contributed by atoms with Gasteiger partial charge in [0.05, 0.1) is 19.3 Å². The van der Waals surface area contributed by atoms with Crippen LogP contribution in [0.25, 0.3) is 5.57 Å². The van der Waals surface area contributed by atoms with Gasteiger partial charge in [0, 0.05) is 48.2 Å². The lowest BCUT2D eigenvalue weighted by molar-refractivity contribution is 0.0299. The highest BCUT2D eigenvalue weighted by Crippen LogP contribution is 2.36. The zero-order chi connectivity index (χ0) is 21.0. The van der Waals surface area contributed by atoms with Crippen molar-refractivity contribution in [3.8, 4) is 0 Å². The average molecular weight is 450 g/mol. The molecule has 4 nitrogen and oxygen atoms in total. The van der Waals surface area contributed by atoms with Gasteiger partial charge in [0.15, 0.2) is 0 Å².